The van der Waals surface area contributed by atoms with E-state index in [0.29, 0.717) is 13.0 Å². The van der Waals surface area contributed by atoms with Crippen LogP contribution in [0.3, 0.4) is 0 Å². The summed E-state index contributed by atoms with van der Waals surface area (Å²) in [6.07, 6.45) is 5.44. The van der Waals surface area contributed by atoms with Crippen molar-refractivity contribution in [2.24, 2.45) is 5.92 Å². The summed E-state index contributed by atoms with van der Waals surface area (Å²) in [4.78, 5) is 24.7. The van der Waals surface area contributed by atoms with Crippen LogP contribution in [-0.2, 0) is 28.5 Å². The van der Waals surface area contributed by atoms with Crippen LogP contribution >= 0.6 is 0 Å². The van der Waals surface area contributed by atoms with E-state index in [1.54, 1.807) is 13.8 Å². The van der Waals surface area contributed by atoms with Gasteiger partial charge >= 0.3 is 11.9 Å². The Balaban J connectivity index is 2.84. The number of hydrogen-bond donors (Lipinski definition) is 0. The molecule has 0 aromatic carbocycles. The van der Waals surface area contributed by atoms with Gasteiger partial charge in [-0.1, -0.05) is 26.2 Å². The minimum Gasteiger partial charge on any atom is -0.465 e. The molecule has 0 aromatic heterocycles. The number of esters is 2. The van der Waals surface area contributed by atoms with Crippen molar-refractivity contribution < 1.29 is 28.5 Å². The Morgan fingerprint density at radius 3 is 2.21 bits per heavy atom. The third-order valence-corrected chi connectivity index (χ3v) is 4.01. The fourth-order valence-corrected chi connectivity index (χ4v) is 2.79. The van der Waals surface area contributed by atoms with Crippen molar-refractivity contribution in [3.8, 4) is 0 Å². The molecule has 6 heteroatoms. The minimum absolute atomic E-state index is 0.219. The number of ether oxygens (including phenoxy) is 4. The summed E-state index contributed by atoms with van der Waals surface area (Å²) < 4.78 is 21.8. The molecule has 0 saturated carbocycles. The maximum absolute atomic E-state index is 12.3. The lowest BCUT2D eigenvalue weighted by atomic mass is 9.96. The first-order valence-corrected chi connectivity index (χ1v) is 9.24. The van der Waals surface area contributed by atoms with Crippen LogP contribution in [0.1, 0.15) is 65.7 Å². The molecule has 1 heterocycles. The highest BCUT2D eigenvalue weighted by Gasteiger charge is 2.39. The Labute approximate surface area is 145 Å². The summed E-state index contributed by atoms with van der Waals surface area (Å²) in [5.74, 6) is -2.20. The Hall–Kier alpha value is -1.14. The lowest BCUT2D eigenvalue weighted by molar-refractivity contribution is -0.209. The molecular formula is C18H32O6. The predicted molar refractivity (Wildman–Crippen MR) is 89.4 cm³/mol. The smallest absolute Gasteiger partial charge is 0.323 e. The van der Waals surface area contributed by atoms with E-state index in [1.165, 1.54) is 0 Å². The third-order valence-electron chi connectivity index (χ3n) is 4.01. The van der Waals surface area contributed by atoms with Crippen molar-refractivity contribution in [1.29, 1.82) is 0 Å². The average Bonchev–Trinajstić information content (AvgIpc) is 2.56. The van der Waals surface area contributed by atoms with Crippen molar-refractivity contribution >= 4 is 11.9 Å². The number of carbonyl (C=O) groups excluding carboxylic acids is 2. The molecule has 1 saturated heterocycles. The summed E-state index contributed by atoms with van der Waals surface area (Å²) in [5.41, 5.74) is 0. The van der Waals surface area contributed by atoms with Gasteiger partial charge in [0.2, 0.25) is 0 Å². The van der Waals surface area contributed by atoms with Crippen LogP contribution in [0.15, 0.2) is 0 Å². The second-order valence-electron chi connectivity index (χ2n) is 5.95. The lowest BCUT2D eigenvalue weighted by Crippen LogP contribution is -2.42. The monoisotopic (exact) mass is 344 g/mol. The molecule has 0 spiro atoms. The molecule has 2 unspecified atom stereocenters. The van der Waals surface area contributed by atoms with Crippen LogP contribution in [0.4, 0.5) is 0 Å². The SMILES string of the molecule is CCCCCC(OC1CCCCO1)C(C(=O)OCC)C(=O)OCC. The first-order valence-electron chi connectivity index (χ1n) is 9.24. The first-order chi connectivity index (χ1) is 11.6. The average molecular weight is 344 g/mol. The maximum Gasteiger partial charge on any atom is 0.323 e. The zero-order chi connectivity index (χ0) is 17.8. The molecule has 0 radical (unpaired) electrons. The van der Waals surface area contributed by atoms with Crippen LogP contribution in [0.25, 0.3) is 0 Å². The van der Waals surface area contributed by atoms with Crippen LogP contribution < -0.4 is 0 Å². The number of unbranched alkanes of at least 4 members (excludes halogenated alkanes) is 2. The molecule has 0 aromatic rings. The fourth-order valence-electron chi connectivity index (χ4n) is 2.79. The van der Waals surface area contributed by atoms with Crippen LogP contribution in [0, 0.1) is 5.92 Å². The molecule has 2 atom stereocenters. The van der Waals surface area contributed by atoms with Gasteiger partial charge in [0.25, 0.3) is 0 Å². The highest BCUT2D eigenvalue weighted by atomic mass is 16.7. The second-order valence-corrected chi connectivity index (χ2v) is 5.95. The molecule has 24 heavy (non-hydrogen) atoms. The topological polar surface area (TPSA) is 71.1 Å². The third kappa shape index (κ3) is 7.18. The Morgan fingerprint density at radius 1 is 1.04 bits per heavy atom. The molecule has 0 bridgehead atoms. The number of hydrogen-bond acceptors (Lipinski definition) is 6. The summed E-state index contributed by atoms with van der Waals surface area (Å²) in [6, 6.07) is 0. The molecule has 0 N–H and O–H groups in total. The van der Waals surface area contributed by atoms with Gasteiger partial charge in [0.05, 0.1) is 19.3 Å². The van der Waals surface area contributed by atoms with E-state index >= 15 is 0 Å². The van der Waals surface area contributed by atoms with E-state index < -0.39 is 24.0 Å². The van der Waals surface area contributed by atoms with Gasteiger partial charge in [0.15, 0.2) is 12.2 Å². The molecule has 6 nitrogen and oxygen atoms in total. The summed E-state index contributed by atoms with van der Waals surface area (Å²) in [7, 11) is 0. The summed E-state index contributed by atoms with van der Waals surface area (Å²) in [6.45, 7) is 6.63. The van der Waals surface area contributed by atoms with E-state index in [9.17, 15) is 9.59 Å². The van der Waals surface area contributed by atoms with Gasteiger partial charge in [-0.05, 0) is 39.5 Å². The molecule has 1 aliphatic rings. The number of rotatable bonds is 11. The standard InChI is InChI=1S/C18H32O6/c1-4-7-8-11-14(24-15-12-9-10-13-23-15)16(17(19)21-5-2)18(20)22-6-3/h14-16H,4-13H2,1-3H3. The van der Waals surface area contributed by atoms with Gasteiger partial charge in [0.1, 0.15) is 0 Å². The highest BCUT2D eigenvalue weighted by molar-refractivity contribution is 5.95. The molecule has 0 aliphatic carbocycles. The quantitative estimate of drug-likeness (QED) is 0.326. The van der Waals surface area contributed by atoms with Crippen molar-refractivity contribution in [3.05, 3.63) is 0 Å². The van der Waals surface area contributed by atoms with Crippen molar-refractivity contribution in [3.63, 3.8) is 0 Å². The Morgan fingerprint density at radius 2 is 1.71 bits per heavy atom. The normalized spacial score (nSPS) is 19.1. The maximum atomic E-state index is 12.3. The lowest BCUT2D eigenvalue weighted by Gasteiger charge is -2.30. The summed E-state index contributed by atoms with van der Waals surface area (Å²) >= 11 is 0. The molecule has 140 valence electrons. The fraction of sp³-hybridized carbons (Fsp3) is 0.889. The zero-order valence-electron chi connectivity index (χ0n) is 15.3. The molecular weight excluding hydrogens is 312 g/mol. The van der Waals surface area contributed by atoms with Gasteiger partial charge in [0, 0.05) is 6.61 Å². The van der Waals surface area contributed by atoms with Crippen LogP contribution in [0.5, 0.6) is 0 Å². The zero-order valence-corrected chi connectivity index (χ0v) is 15.3. The Kier molecular flexibility index (Phi) is 10.7. The van der Waals surface area contributed by atoms with E-state index in [-0.39, 0.29) is 19.5 Å². The summed E-state index contributed by atoms with van der Waals surface area (Å²) in [5, 5.41) is 0. The van der Waals surface area contributed by atoms with E-state index in [1.807, 2.05) is 0 Å². The number of carbonyl (C=O) groups is 2. The van der Waals surface area contributed by atoms with Crippen molar-refractivity contribution in [1.82, 2.24) is 0 Å². The highest BCUT2D eigenvalue weighted by Crippen LogP contribution is 2.24. The predicted octanol–water partition coefficient (Wildman–Crippen LogP) is 3.22. The molecule has 1 rings (SSSR count). The van der Waals surface area contributed by atoms with E-state index in [4.69, 9.17) is 18.9 Å². The Bertz CT molecular complexity index is 347. The largest absolute Gasteiger partial charge is 0.465 e. The molecule has 1 fully saturated rings. The van der Waals surface area contributed by atoms with Crippen LogP contribution in [-0.4, -0.2) is 44.2 Å². The van der Waals surface area contributed by atoms with Gasteiger partial charge in [-0.25, -0.2) is 0 Å². The van der Waals surface area contributed by atoms with Gasteiger partial charge < -0.3 is 18.9 Å². The van der Waals surface area contributed by atoms with Crippen molar-refractivity contribution in [2.45, 2.75) is 78.1 Å². The van der Waals surface area contributed by atoms with Gasteiger partial charge in [-0.3, -0.25) is 9.59 Å². The van der Waals surface area contributed by atoms with E-state index in [2.05, 4.69) is 6.92 Å². The molecule has 1 aliphatic heterocycles. The van der Waals surface area contributed by atoms with Gasteiger partial charge in [-0.15, -0.1) is 0 Å². The van der Waals surface area contributed by atoms with Gasteiger partial charge in [-0.2, -0.15) is 0 Å². The minimum atomic E-state index is -1.05. The van der Waals surface area contributed by atoms with E-state index in [0.717, 1.165) is 38.5 Å². The van der Waals surface area contributed by atoms with Crippen LogP contribution in [0.2, 0.25) is 0 Å². The van der Waals surface area contributed by atoms with Crippen molar-refractivity contribution in [2.75, 3.05) is 19.8 Å². The second kappa shape index (κ2) is 12.3. The molecule has 0 amide bonds. The first kappa shape index (κ1) is 20.9.